The molecular formula is C31H25N5O4S. The monoisotopic (exact) mass is 563 g/mol. The number of ether oxygens (including phenoxy) is 2. The van der Waals surface area contributed by atoms with Crippen molar-refractivity contribution < 1.29 is 14.3 Å². The van der Waals surface area contributed by atoms with Gasteiger partial charge in [0.2, 0.25) is 0 Å². The van der Waals surface area contributed by atoms with E-state index in [0.29, 0.717) is 27.4 Å². The fourth-order valence-corrected chi connectivity index (χ4v) is 5.78. The average molecular weight is 564 g/mol. The smallest absolute Gasteiger partial charge is 0.273 e. The Morgan fingerprint density at radius 3 is 2.37 bits per heavy atom. The van der Waals surface area contributed by atoms with Crippen LogP contribution in [-0.2, 0) is 0 Å². The number of H-pyrrole nitrogens is 1. The summed E-state index contributed by atoms with van der Waals surface area (Å²) >= 11 is 1.18. The minimum atomic E-state index is -0.461. The molecule has 0 fully saturated rings. The van der Waals surface area contributed by atoms with E-state index < -0.39 is 5.91 Å². The molecular weight excluding hydrogens is 538 g/mol. The van der Waals surface area contributed by atoms with E-state index in [1.807, 2.05) is 72.8 Å². The highest BCUT2D eigenvalue weighted by atomic mass is 32.1. The number of pyridine rings is 1. The Morgan fingerprint density at radius 2 is 1.66 bits per heavy atom. The van der Waals surface area contributed by atoms with Gasteiger partial charge in [0, 0.05) is 28.1 Å². The predicted molar refractivity (Wildman–Crippen MR) is 162 cm³/mol. The number of aromatic nitrogens is 3. The van der Waals surface area contributed by atoms with Crippen LogP contribution in [0.25, 0.3) is 38.3 Å². The van der Waals surface area contributed by atoms with Gasteiger partial charge in [-0.3, -0.25) is 14.7 Å². The molecule has 0 saturated heterocycles. The average Bonchev–Trinajstić information content (AvgIpc) is 3.55. The second-order valence-electron chi connectivity index (χ2n) is 9.12. The fourth-order valence-electron chi connectivity index (χ4n) is 4.77. The van der Waals surface area contributed by atoms with Crippen molar-refractivity contribution in [1.82, 2.24) is 14.8 Å². The SMILES string of the molecule is COc1cccc(-c2cc(-c3ccccc3)nc3sc(C(=O)Nc4cc(=O)n(-c5ccccc5)[nH]4)c(N)c23)c1OC. The molecule has 3 heterocycles. The topological polar surface area (TPSA) is 124 Å². The number of nitrogen functional groups attached to an aromatic ring is 1. The predicted octanol–water partition coefficient (Wildman–Crippen LogP) is 5.96. The summed E-state index contributed by atoms with van der Waals surface area (Å²) in [5.74, 6) is 0.887. The number of methoxy groups -OCH3 is 2. The van der Waals surface area contributed by atoms with Gasteiger partial charge in [-0.2, -0.15) is 0 Å². The second-order valence-corrected chi connectivity index (χ2v) is 10.1. The van der Waals surface area contributed by atoms with Gasteiger partial charge in [-0.1, -0.05) is 60.7 Å². The molecule has 0 radical (unpaired) electrons. The summed E-state index contributed by atoms with van der Waals surface area (Å²) in [6.45, 7) is 0. The van der Waals surface area contributed by atoms with E-state index in [0.717, 1.165) is 22.4 Å². The number of carbonyl (C=O) groups is 1. The van der Waals surface area contributed by atoms with Crippen molar-refractivity contribution in [3.05, 3.63) is 106 Å². The Balaban J connectivity index is 1.48. The highest BCUT2D eigenvalue weighted by Crippen LogP contribution is 2.46. The Hall–Kier alpha value is -5.35. The van der Waals surface area contributed by atoms with Gasteiger partial charge >= 0.3 is 0 Å². The van der Waals surface area contributed by atoms with Crippen LogP contribution < -0.4 is 26.1 Å². The normalized spacial score (nSPS) is 11.0. The minimum absolute atomic E-state index is 0.244. The zero-order valence-corrected chi connectivity index (χ0v) is 23.0. The largest absolute Gasteiger partial charge is 0.493 e. The highest BCUT2D eigenvalue weighted by Gasteiger charge is 2.24. The van der Waals surface area contributed by atoms with Crippen LogP contribution in [0.2, 0.25) is 0 Å². The Labute approximate surface area is 238 Å². The molecule has 4 N–H and O–H groups in total. The zero-order chi connectivity index (χ0) is 28.5. The summed E-state index contributed by atoms with van der Waals surface area (Å²) in [7, 11) is 3.16. The number of nitrogens with two attached hydrogens (primary N) is 1. The molecule has 6 rings (SSSR count). The lowest BCUT2D eigenvalue weighted by atomic mass is 9.98. The van der Waals surface area contributed by atoms with E-state index in [4.69, 9.17) is 20.2 Å². The Morgan fingerprint density at radius 1 is 0.927 bits per heavy atom. The summed E-state index contributed by atoms with van der Waals surface area (Å²) in [4.78, 5) is 31.8. The molecule has 41 heavy (non-hydrogen) atoms. The molecule has 10 heteroatoms. The maximum absolute atomic E-state index is 13.5. The zero-order valence-electron chi connectivity index (χ0n) is 22.2. The number of hydrogen-bond acceptors (Lipinski definition) is 7. The lowest BCUT2D eigenvalue weighted by Crippen LogP contribution is -2.13. The first-order valence-electron chi connectivity index (χ1n) is 12.7. The van der Waals surface area contributed by atoms with Crippen molar-refractivity contribution >= 4 is 39.0 Å². The number of aromatic amines is 1. The van der Waals surface area contributed by atoms with E-state index in [-0.39, 0.29) is 21.9 Å². The molecule has 6 aromatic rings. The number of nitrogens with one attached hydrogen (secondary N) is 2. The van der Waals surface area contributed by atoms with E-state index in [2.05, 4.69) is 10.4 Å². The van der Waals surface area contributed by atoms with Crippen molar-refractivity contribution in [3.8, 4) is 39.6 Å². The molecule has 1 amide bonds. The molecule has 0 aliphatic rings. The molecule has 3 aromatic heterocycles. The van der Waals surface area contributed by atoms with Crippen LogP contribution in [-0.4, -0.2) is 34.9 Å². The molecule has 0 aliphatic carbocycles. The van der Waals surface area contributed by atoms with Crippen LogP contribution in [0.3, 0.4) is 0 Å². The molecule has 0 bridgehead atoms. The minimum Gasteiger partial charge on any atom is -0.493 e. The van der Waals surface area contributed by atoms with Crippen LogP contribution in [0, 0.1) is 0 Å². The van der Waals surface area contributed by atoms with Crippen molar-refractivity contribution in [2.45, 2.75) is 0 Å². The first-order valence-corrected chi connectivity index (χ1v) is 13.5. The number of amides is 1. The number of anilines is 2. The molecule has 0 unspecified atom stereocenters. The molecule has 0 atom stereocenters. The number of fused-ring (bicyclic) bond motifs is 1. The molecule has 0 saturated carbocycles. The third kappa shape index (κ3) is 4.70. The van der Waals surface area contributed by atoms with Gasteiger partial charge in [0.1, 0.15) is 15.5 Å². The number of benzene rings is 3. The number of carbonyl (C=O) groups excluding carboxylic acids is 1. The summed E-state index contributed by atoms with van der Waals surface area (Å²) < 4.78 is 12.6. The van der Waals surface area contributed by atoms with Crippen molar-refractivity contribution in [2.75, 3.05) is 25.3 Å². The number of hydrogen-bond donors (Lipinski definition) is 3. The number of rotatable bonds is 7. The third-order valence-corrected chi connectivity index (χ3v) is 7.75. The van der Waals surface area contributed by atoms with Gasteiger partial charge in [-0.05, 0) is 24.3 Å². The van der Waals surface area contributed by atoms with E-state index in [9.17, 15) is 9.59 Å². The summed E-state index contributed by atoms with van der Waals surface area (Å²) in [5.41, 5.74) is 10.4. The lowest BCUT2D eigenvalue weighted by molar-refractivity contribution is 0.103. The number of thiophene rings is 1. The van der Waals surface area contributed by atoms with Crippen LogP contribution >= 0.6 is 11.3 Å². The molecule has 3 aromatic carbocycles. The maximum atomic E-state index is 13.5. The Kier molecular flexibility index (Phi) is 6.74. The number of para-hydroxylation sites is 2. The van der Waals surface area contributed by atoms with Gasteiger partial charge in [0.15, 0.2) is 11.5 Å². The van der Waals surface area contributed by atoms with Crippen LogP contribution in [0.1, 0.15) is 9.67 Å². The van der Waals surface area contributed by atoms with E-state index in [1.165, 1.54) is 22.1 Å². The quantitative estimate of drug-likeness (QED) is 0.220. The fraction of sp³-hybridized carbons (Fsp3) is 0.0645. The molecule has 0 aliphatic heterocycles. The van der Waals surface area contributed by atoms with Crippen LogP contribution in [0.4, 0.5) is 11.5 Å². The summed E-state index contributed by atoms with van der Waals surface area (Å²) in [6.07, 6.45) is 0. The molecule has 204 valence electrons. The lowest BCUT2D eigenvalue weighted by Gasteiger charge is -2.15. The van der Waals surface area contributed by atoms with Crippen LogP contribution in [0.15, 0.2) is 95.8 Å². The molecule has 0 spiro atoms. The molecule has 9 nitrogen and oxygen atoms in total. The van der Waals surface area contributed by atoms with Crippen molar-refractivity contribution in [1.29, 1.82) is 0 Å². The Bertz CT molecular complexity index is 1940. The standard InChI is InChI=1S/C31H25N5O4S/c1-39-23-15-9-14-20(28(23)40-2)21-16-22(18-10-5-3-6-11-18)33-31-26(21)27(32)29(41-31)30(38)34-24-17-25(37)36(35-24)19-12-7-4-8-13-19/h3-17,35H,32H2,1-2H3,(H,34,38). The first kappa shape index (κ1) is 25.9. The summed E-state index contributed by atoms with van der Waals surface area (Å²) in [6, 6.07) is 27.7. The van der Waals surface area contributed by atoms with Gasteiger partial charge in [0.25, 0.3) is 11.5 Å². The maximum Gasteiger partial charge on any atom is 0.273 e. The highest BCUT2D eigenvalue weighted by molar-refractivity contribution is 7.21. The van der Waals surface area contributed by atoms with E-state index >= 15 is 0 Å². The van der Waals surface area contributed by atoms with Crippen molar-refractivity contribution in [2.24, 2.45) is 0 Å². The van der Waals surface area contributed by atoms with Gasteiger partial charge < -0.3 is 20.5 Å². The first-order chi connectivity index (χ1) is 20.0. The van der Waals surface area contributed by atoms with Gasteiger partial charge in [-0.15, -0.1) is 11.3 Å². The third-order valence-electron chi connectivity index (χ3n) is 6.65. The number of nitrogens with zero attached hydrogens (tertiary/aromatic N) is 2. The van der Waals surface area contributed by atoms with Crippen molar-refractivity contribution in [3.63, 3.8) is 0 Å². The summed E-state index contributed by atoms with van der Waals surface area (Å²) in [5, 5.41) is 6.34. The van der Waals surface area contributed by atoms with E-state index in [1.54, 1.807) is 26.4 Å². The van der Waals surface area contributed by atoms with Crippen LogP contribution in [0.5, 0.6) is 11.5 Å². The van der Waals surface area contributed by atoms with Gasteiger partial charge in [0.05, 0.1) is 31.3 Å². The second kappa shape index (κ2) is 10.7. The van der Waals surface area contributed by atoms with Gasteiger partial charge in [-0.25, -0.2) is 9.67 Å².